The third kappa shape index (κ3) is 3.68. The molecule has 0 spiro atoms. The van der Waals surface area contributed by atoms with Crippen molar-refractivity contribution in [2.45, 2.75) is 22.1 Å². The van der Waals surface area contributed by atoms with Crippen molar-refractivity contribution in [2.24, 2.45) is 0 Å². The molecule has 0 aliphatic carbocycles. The van der Waals surface area contributed by atoms with E-state index in [0.29, 0.717) is 12.1 Å². The first-order valence-electron chi connectivity index (χ1n) is 5.85. The summed E-state index contributed by atoms with van der Waals surface area (Å²) in [6.45, 7) is 0. The van der Waals surface area contributed by atoms with Crippen molar-refractivity contribution in [3.8, 4) is 0 Å². The lowest BCUT2D eigenvalue weighted by atomic mass is 10.2. The van der Waals surface area contributed by atoms with Gasteiger partial charge in [-0.2, -0.15) is 26.3 Å². The van der Waals surface area contributed by atoms with E-state index in [1.807, 2.05) is 0 Å². The molecule has 0 aromatic heterocycles. The molecule has 2 aromatic rings. The molecule has 0 N–H and O–H groups in total. The Morgan fingerprint density at radius 1 is 0.682 bits per heavy atom. The summed E-state index contributed by atoms with van der Waals surface area (Å²) in [4.78, 5) is -0.428. The molecular weight excluding hydrogens is 330 g/mol. The first-order chi connectivity index (χ1) is 10.1. The van der Waals surface area contributed by atoms with Crippen LogP contribution in [0.1, 0.15) is 11.1 Å². The average molecular weight is 338 g/mol. The van der Waals surface area contributed by atoms with Gasteiger partial charge in [0.2, 0.25) is 0 Å². The summed E-state index contributed by atoms with van der Waals surface area (Å²) in [5, 5.41) is 0. The van der Waals surface area contributed by atoms with Crippen molar-refractivity contribution in [3.05, 3.63) is 59.7 Å². The Kier molecular flexibility index (Phi) is 4.32. The highest BCUT2D eigenvalue weighted by atomic mass is 32.2. The van der Waals surface area contributed by atoms with Gasteiger partial charge in [0.25, 0.3) is 0 Å². The quantitative estimate of drug-likeness (QED) is 0.713. The SMILES string of the molecule is O=S(c1cccc(C(F)(F)F)c1)c1cccc(C(F)(F)F)c1. The van der Waals surface area contributed by atoms with Crippen LogP contribution in [0.5, 0.6) is 0 Å². The van der Waals surface area contributed by atoms with E-state index < -0.39 is 34.3 Å². The second-order valence-electron chi connectivity index (χ2n) is 4.32. The first-order valence-corrected chi connectivity index (χ1v) is 7.00. The van der Waals surface area contributed by atoms with Gasteiger partial charge in [-0.1, -0.05) is 12.1 Å². The van der Waals surface area contributed by atoms with Gasteiger partial charge in [-0.15, -0.1) is 0 Å². The van der Waals surface area contributed by atoms with Crippen molar-refractivity contribution in [3.63, 3.8) is 0 Å². The van der Waals surface area contributed by atoms with E-state index in [0.717, 1.165) is 24.3 Å². The monoisotopic (exact) mass is 338 g/mol. The molecule has 0 heterocycles. The Hall–Kier alpha value is -1.83. The lowest BCUT2D eigenvalue weighted by Gasteiger charge is -2.10. The molecule has 0 unspecified atom stereocenters. The van der Waals surface area contributed by atoms with Crippen LogP contribution < -0.4 is 0 Å². The maximum atomic E-state index is 12.6. The Morgan fingerprint density at radius 3 is 1.36 bits per heavy atom. The molecule has 22 heavy (non-hydrogen) atoms. The number of halogens is 6. The standard InChI is InChI=1S/C14H8F6OS/c15-13(16,17)9-3-1-5-11(7-9)22(21)12-6-2-4-10(8-12)14(18,19)20/h1-8H. The molecule has 0 atom stereocenters. The number of benzene rings is 2. The molecular formula is C14H8F6OS. The van der Waals surface area contributed by atoms with Crippen LogP contribution >= 0.6 is 0 Å². The molecule has 0 aliphatic rings. The zero-order valence-corrected chi connectivity index (χ0v) is 11.5. The fourth-order valence-electron chi connectivity index (χ4n) is 1.71. The first kappa shape index (κ1) is 16.5. The maximum absolute atomic E-state index is 12.6. The topological polar surface area (TPSA) is 17.1 Å². The summed E-state index contributed by atoms with van der Waals surface area (Å²) < 4.78 is 87.8. The number of hydrogen-bond acceptors (Lipinski definition) is 1. The summed E-state index contributed by atoms with van der Waals surface area (Å²) in [6.07, 6.45) is -9.23. The zero-order chi connectivity index (χ0) is 16.5. The molecule has 2 rings (SSSR count). The minimum Gasteiger partial charge on any atom is -0.249 e. The van der Waals surface area contributed by atoms with Gasteiger partial charge < -0.3 is 0 Å². The van der Waals surface area contributed by atoms with Gasteiger partial charge in [0.1, 0.15) is 0 Å². The van der Waals surface area contributed by atoms with E-state index >= 15 is 0 Å². The predicted molar refractivity (Wildman–Crippen MR) is 67.6 cm³/mol. The largest absolute Gasteiger partial charge is 0.416 e. The summed E-state index contributed by atoms with van der Waals surface area (Å²) >= 11 is 0. The molecule has 0 bridgehead atoms. The third-order valence-corrected chi connectivity index (χ3v) is 4.12. The summed E-state index contributed by atoms with van der Waals surface area (Å²) in [5.41, 5.74) is -2.02. The van der Waals surface area contributed by atoms with Gasteiger partial charge in [0.05, 0.1) is 21.9 Å². The lowest BCUT2D eigenvalue weighted by Crippen LogP contribution is -2.07. The maximum Gasteiger partial charge on any atom is 0.416 e. The Bertz CT molecular complexity index is 645. The van der Waals surface area contributed by atoms with Crippen molar-refractivity contribution in [1.29, 1.82) is 0 Å². The summed E-state index contributed by atoms with van der Waals surface area (Å²) in [5.74, 6) is 0. The van der Waals surface area contributed by atoms with Gasteiger partial charge in [-0.05, 0) is 36.4 Å². The lowest BCUT2D eigenvalue weighted by molar-refractivity contribution is -0.138. The van der Waals surface area contributed by atoms with Crippen LogP contribution in [0.4, 0.5) is 26.3 Å². The van der Waals surface area contributed by atoms with Gasteiger partial charge in [0, 0.05) is 9.79 Å². The van der Waals surface area contributed by atoms with Crippen LogP contribution in [0.25, 0.3) is 0 Å². The minimum absolute atomic E-state index is 0.214. The van der Waals surface area contributed by atoms with Crippen LogP contribution in [0.15, 0.2) is 58.3 Å². The number of alkyl halides is 6. The minimum atomic E-state index is -4.62. The Morgan fingerprint density at radius 2 is 1.05 bits per heavy atom. The predicted octanol–water partition coefficient (Wildman–Crippen LogP) is 4.89. The van der Waals surface area contributed by atoms with Crippen molar-refractivity contribution < 1.29 is 30.6 Å². The molecule has 2 aromatic carbocycles. The molecule has 0 radical (unpaired) electrons. The third-order valence-electron chi connectivity index (χ3n) is 2.75. The second kappa shape index (κ2) is 5.75. The van der Waals surface area contributed by atoms with Gasteiger partial charge in [0.15, 0.2) is 0 Å². The van der Waals surface area contributed by atoms with E-state index in [1.54, 1.807) is 0 Å². The molecule has 0 fully saturated rings. The van der Waals surface area contributed by atoms with Crippen LogP contribution in [0, 0.1) is 0 Å². The number of hydrogen-bond donors (Lipinski definition) is 0. The Balaban J connectivity index is 2.41. The van der Waals surface area contributed by atoms with E-state index in [2.05, 4.69) is 0 Å². The van der Waals surface area contributed by atoms with Crippen LogP contribution in [0.3, 0.4) is 0 Å². The van der Waals surface area contributed by atoms with Crippen LogP contribution in [-0.2, 0) is 23.2 Å². The van der Waals surface area contributed by atoms with Gasteiger partial charge in [-0.3, -0.25) is 0 Å². The second-order valence-corrected chi connectivity index (χ2v) is 5.80. The van der Waals surface area contributed by atoms with E-state index in [4.69, 9.17) is 0 Å². The van der Waals surface area contributed by atoms with Crippen molar-refractivity contribution in [1.82, 2.24) is 0 Å². The molecule has 8 heteroatoms. The fraction of sp³-hybridized carbons (Fsp3) is 0.143. The molecule has 0 amide bonds. The van der Waals surface area contributed by atoms with E-state index in [1.165, 1.54) is 12.1 Å². The Labute approximate surface area is 124 Å². The van der Waals surface area contributed by atoms with Crippen LogP contribution in [0.2, 0.25) is 0 Å². The fourth-order valence-corrected chi connectivity index (χ4v) is 2.86. The molecule has 1 nitrogen and oxygen atoms in total. The highest BCUT2D eigenvalue weighted by Crippen LogP contribution is 2.33. The van der Waals surface area contributed by atoms with Gasteiger partial charge in [-0.25, -0.2) is 4.21 Å². The molecule has 0 aliphatic heterocycles. The molecule has 118 valence electrons. The van der Waals surface area contributed by atoms with E-state index in [-0.39, 0.29) is 9.79 Å². The summed E-state index contributed by atoms with van der Waals surface area (Å²) in [7, 11) is -2.14. The van der Waals surface area contributed by atoms with Crippen LogP contribution in [-0.4, -0.2) is 4.21 Å². The average Bonchev–Trinajstić information content (AvgIpc) is 2.45. The highest BCUT2D eigenvalue weighted by Gasteiger charge is 2.32. The zero-order valence-electron chi connectivity index (χ0n) is 10.7. The highest BCUT2D eigenvalue weighted by molar-refractivity contribution is 7.85. The molecule has 0 saturated heterocycles. The van der Waals surface area contributed by atoms with Gasteiger partial charge >= 0.3 is 12.4 Å². The summed E-state index contributed by atoms with van der Waals surface area (Å²) in [6, 6.07) is 7.39. The molecule has 0 saturated carbocycles. The number of rotatable bonds is 2. The van der Waals surface area contributed by atoms with Crippen molar-refractivity contribution in [2.75, 3.05) is 0 Å². The smallest absolute Gasteiger partial charge is 0.249 e. The van der Waals surface area contributed by atoms with E-state index in [9.17, 15) is 30.6 Å². The normalized spacial score (nSPS) is 12.7. The van der Waals surface area contributed by atoms with Crippen molar-refractivity contribution >= 4 is 10.8 Å².